The Bertz CT molecular complexity index is 1400. The maximum atomic E-state index is 13.4. The molecule has 0 bridgehead atoms. The molecule has 3 N–H and O–H groups in total. The largest absolute Gasteiger partial charge is 0.416 e. The van der Waals surface area contributed by atoms with Gasteiger partial charge >= 0.3 is 16.5 Å². The molecule has 2 aromatic heterocycles. The zero-order valence-electron chi connectivity index (χ0n) is 19.5. The van der Waals surface area contributed by atoms with Gasteiger partial charge in [-0.05, 0) is 56.4 Å². The van der Waals surface area contributed by atoms with Crippen LogP contribution in [-0.2, 0) is 20.7 Å². The second-order valence-corrected chi connectivity index (χ2v) is 12.2. The first-order chi connectivity index (χ1) is 17.4. The Morgan fingerprint density at radius 1 is 1.30 bits per heavy atom. The van der Waals surface area contributed by atoms with Crippen LogP contribution in [0.15, 0.2) is 52.6 Å². The van der Waals surface area contributed by atoms with Crippen LogP contribution in [0.3, 0.4) is 0 Å². The Morgan fingerprint density at radius 3 is 2.81 bits per heavy atom. The zero-order valence-corrected chi connectivity index (χ0v) is 21.9. The van der Waals surface area contributed by atoms with E-state index >= 15 is 0 Å². The van der Waals surface area contributed by atoms with E-state index in [4.69, 9.17) is 9.32 Å². The minimum atomic E-state index is -4.44. The van der Waals surface area contributed by atoms with Crippen LogP contribution >= 0.6 is 23.1 Å². The number of aryl methyl sites for hydroxylation is 1. The van der Waals surface area contributed by atoms with Crippen LogP contribution in [0.4, 0.5) is 19.0 Å². The molecular weight excluding hydrogens is 549 g/mol. The Kier molecular flexibility index (Phi) is 8.23. The van der Waals surface area contributed by atoms with E-state index in [2.05, 4.69) is 15.3 Å². The van der Waals surface area contributed by atoms with Gasteiger partial charge in [-0.25, -0.2) is 15.1 Å². The molecule has 2 heterocycles. The molecule has 4 rings (SSSR count). The number of thiophene rings is 1. The second-order valence-electron chi connectivity index (χ2n) is 8.57. The summed E-state index contributed by atoms with van der Waals surface area (Å²) in [7, 11) is -4.00. The fraction of sp³-hybridized carbons (Fsp3) is 0.348. The first-order valence-electron chi connectivity index (χ1n) is 11.1. The van der Waals surface area contributed by atoms with Crippen LogP contribution in [0.1, 0.15) is 44.9 Å². The summed E-state index contributed by atoms with van der Waals surface area (Å²) in [6, 6.07) is 6.66. The van der Waals surface area contributed by atoms with E-state index in [1.807, 2.05) is 0 Å². The van der Waals surface area contributed by atoms with E-state index in [-0.39, 0.29) is 29.9 Å². The number of anilines is 1. The smallest absolute Gasteiger partial charge is 0.367 e. The summed E-state index contributed by atoms with van der Waals surface area (Å²) in [5.41, 5.74) is -0.465. The predicted octanol–water partition coefficient (Wildman–Crippen LogP) is 5.05. The number of rotatable bonds is 9. The quantitative estimate of drug-likeness (QED) is 0.342. The van der Waals surface area contributed by atoms with Crippen molar-refractivity contribution >= 4 is 45.0 Å². The summed E-state index contributed by atoms with van der Waals surface area (Å²) in [5.74, 6) is 0.0440. The molecule has 0 radical (unpaired) electrons. The SMILES string of the molecule is Cc1sc(C(=O)c2cncnc2N[C@H]2CC[C@@H](COS(N)(=O)=O)C2)cc1Sc1cccc(C(F)(F)F)c1. The van der Waals surface area contributed by atoms with Crippen LogP contribution in [0.25, 0.3) is 0 Å². The van der Waals surface area contributed by atoms with Crippen molar-refractivity contribution in [1.29, 1.82) is 0 Å². The topological polar surface area (TPSA) is 124 Å². The predicted molar refractivity (Wildman–Crippen MR) is 134 cm³/mol. The first kappa shape index (κ1) is 27.5. The van der Waals surface area contributed by atoms with Gasteiger partial charge in [0, 0.05) is 26.9 Å². The van der Waals surface area contributed by atoms with E-state index in [1.54, 1.807) is 19.1 Å². The molecule has 1 saturated carbocycles. The number of nitrogens with zero attached hydrogens (tertiary/aromatic N) is 2. The molecule has 1 aliphatic rings. The molecule has 1 fully saturated rings. The number of hydrogen-bond donors (Lipinski definition) is 2. The van der Waals surface area contributed by atoms with Gasteiger partial charge in [-0.1, -0.05) is 17.8 Å². The summed E-state index contributed by atoms with van der Waals surface area (Å²) in [6.07, 6.45) is 0.372. The molecule has 0 spiro atoms. The Hall–Kier alpha value is -2.52. The third-order valence-electron chi connectivity index (χ3n) is 5.79. The van der Waals surface area contributed by atoms with Gasteiger partial charge in [-0.2, -0.15) is 21.6 Å². The molecule has 1 aromatic carbocycles. The summed E-state index contributed by atoms with van der Waals surface area (Å²) in [5, 5.41) is 8.15. The standard InChI is InChI=1S/C23H23F3N4O4S3/c1-13-19(36-17-4-2-3-15(8-17)23(24,25)26)9-20(35-13)21(31)18-10-28-12-29-22(18)30-16-6-5-14(7-16)11-34-37(27,32)33/h2-4,8-10,12,14,16H,5-7,11H2,1H3,(H2,27,32,33)(H,28,29,30)/t14-,16+/m1/s1. The zero-order chi connectivity index (χ0) is 26.8. The van der Waals surface area contributed by atoms with Gasteiger partial charge in [0.05, 0.1) is 22.6 Å². The average molecular weight is 573 g/mol. The summed E-state index contributed by atoms with van der Waals surface area (Å²) in [6.45, 7) is 1.80. The van der Waals surface area contributed by atoms with E-state index in [9.17, 15) is 26.4 Å². The minimum Gasteiger partial charge on any atom is -0.367 e. The summed E-state index contributed by atoms with van der Waals surface area (Å²) in [4.78, 5) is 23.9. The lowest BCUT2D eigenvalue weighted by atomic mass is 10.1. The number of hydrogen-bond acceptors (Lipinski definition) is 9. The molecular formula is C23H23F3N4O4S3. The molecule has 8 nitrogen and oxygen atoms in total. The number of ketones is 1. The summed E-state index contributed by atoms with van der Waals surface area (Å²) < 4.78 is 66.0. The van der Waals surface area contributed by atoms with Gasteiger partial charge in [0.15, 0.2) is 0 Å². The van der Waals surface area contributed by atoms with Crippen LogP contribution in [-0.4, -0.2) is 36.8 Å². The molecule has 0 saturated heterocycles. The number of carbonyl (C=O) groups is 1. The van der Waals surface area contributed by atoms with Crippen molar-refractivity contribution in [3.05, 3.63) is 63.7 Å². The number of nitrogens with one attached hydrogen (secondary N) is 1. The van der Waals surface area contributed by atoms with Crippen LogP contribution in [0.5, 0.6) is 0 Å². The first-order valence-corrected chi connectivity index (χ1v) is 14.2. The van der Waals surface area contributed by atoms with Gasteiger partial charge in [0.1, 0.15) is 12.1 Å². The lowest BCUT2D eigenvalue weighted by Crippen LogP contribution is -2.22. The van der Waals surface area contributed by atoms with E-state index in [0.29, 0.717) is 26.9 Å². The van der Waals surface area contributed by atoms with Crippen LogP contribution in [0, 0.1) is 12.8 Å². The number of carbonyl (C=O) groups excluding carboxylic acids is 1. The van der Waals surface area contributed by atoms with Crippen molar-refractivity contribution in [3.63, 3.8) is 0 Å². The second kappa shape index (κ2) is 11.1. The number of nitrogens with two attached hydrogens (primary N) is 1. The monoisotopic (exact) mass is 572 g/mol. The van der Waals surface area contributed by atoms with Gasteiger partial charge < -0.3 is 5.32 Å². The van der Waals surface area contributed by atoms with E-state index in [0.717, 1.165) is 41.6 Å². The number of alkyl halides is 3. The third kappa shape index (κ3) is 7.29. The highest BCUT2D eigenvalue weighted by molar-refractivity contribution is 7.99. The van der Waals surface area contributed by atoms with Gasteiger partial charge in [-0.15, -0.1) is 11.3 Å². The van der Waals surface area contributed by atoms with Gasteiger partial charge in [0.2, 0.25) is 5.78 Å². The Morgan fingerprint density at radius 2 is 2.08 bits per heavy atom. The molecule has 198 valence electrons. The fourth-order valence-corrected chi connectivity index (χ4v) is 6.51. The van der Waals surface area contributed by atoms with E-state index in [1.165, 1.54) is 29.9 Å². The van der Waals surface area contributed by atoms with Crippen LogP contribution < -0.4 is 10.5 Å². The molecule has 1 aliphatic carbocycles. The van der Waals surface area contributed by atoms with Crippen LogP contribution in [0.2, 0.25) is 0 Å². The molecule has 14 heteroatoms. The van der Waals surface area contributed by atoms with E-state index < -0.39 is 22.0 Å². The fourth-order valence-electron chi connectivity index (χ4n) is 4.03. The normalized spacial score (nSPS) is 18.2. The minimum absolute atomic E-state index is 0.00658. The maximum Gasteiger partial charge on any atom is 0.416 e. The molecule has 3 aromatic rings. The lowest BCUT2D eigenvalue weighted by Gasteiger charge is -2.15. The molecule has 0 amide bonds. The highest BCUT2D eigenvalue weighted by Gasteiger charge is 2.31. The molecule has 2 atom stereocenters. The van der Waals surface area contributed by atoms with Gasteiger partial charge in [-0.3, -0.25) is 8.98 Å². The number of halogens is 3. The Labute approximate surface area is 220 Å². The van der Waals surface area contributed by atoms with Crippen molar-refractivity contribution in [2.45, 2.75) is 48.2 Å². The molecule has 0 unspecified atom stereocenters. The highest BCUT2D eigenvalue weighted by Crippen LogP contribution is 2.39. The van der Waals surface area contributed by atoms with Crippen molar-refractivity contribution in [1.82, 2.24) is 9.97 Å². The molecule has 0 aliphatic heterocycles. The number of benzene rings is 1. The summed E-state index contributed by atoms with van der Waals surface area (Å²) >= 11 is 2.41. The van der Waals surface area contributed by atoms with Gasteiger partial charge in [0.25, 0.3) is 0 Å². The lowest BCUT2D eigenvalue weighted by molar-refractivity contribution is -0.137. The van der Waals surface area contributed by atoms with Crippen molar-refractivity contribution in [3.8, 4) is 0 Å². The number of aromatic nitrogens is 2. The highest BCUT2D eigenvalue weighted by atomic mass is 32.2. The van der Waals surface area contributed by atoms with Crippen molar-refractivity contribution < 1.29 is 30.6 Å². The Balaban J connectivity index is 1.47. The molecule has 37 heavy (non-hydrogen) atoms. The maximum absolute atomic E-state index is 13.4. The van der Waals surface area contributed by atoms with Crippen molar-refractivity contribution in [2.75, 3.05) is 11.9 Å². The average Bonchev–Trinajstić information content (AvgIpc) is 3.43. The third-order valence-corrected chi connectivity index (χ3v) is 8.57. The van der Waals surface area contributed by atoms with Crippen molar-refractivity contribution in [2.24, 2.45) is 11.1 Å².